The first-order valence-electron chi connectivity index (χ1n) is 7.16. The van der Waals surface area contributed by atoms with E-state index in [1.54, 1.807) is 0 Å². The number of rotatable bonds is 11. The van der Waals surface area contributed by atoms with Crippen LogP contribution in [0.1, 0.15) is 13.2 Å². The fourth-order valence-corrected chi connectivity index (χ4v) is 4.97. The Morgan fingerprint density at radius 1 is 1.17 bits per heavy atom. The van der Waals surface area contributed by atoms with Gasteiger partial charge < -0.3 is 40.3 Å². The van der Waals surface area contributed by atoms with E-state index in [9.17, 15) is 28.8 Å². The topological polar surface area (TPSA) is 253 Å². The molecule has 0 fully saturated rings. The van der Waals surface area contributed by atoms with Crippen molar-refractivity contribution in [1.82, 2.24) is 9.55 Å². The third kappa shape index (κ3) is 9.83. The number of anilines is 1. The lowest BCUT2D eigenvalue weighted by molar-refractivity contribution is -0.202. The highest BCUT2D eigenvalue weighted by Gasteiger charge is 2.41. The van der Waals surface area contributed by atoms with Crippen molar-refractivity contribution in [3.8, 4) is 0 Å². The number of nitrogens with two attached hydrogens (primary N) is 1. The van der Waals surface area contributed by atoms with Gasteiger partial charge in [-0.1, -0.05) is 0 Å². The van der Waals surface area contributed by atoms with E-state index in [4.69, 9.17) is 37.4 Å². The van der Waals surface area contributed by atoms with Crippen molar-refractivity contribution in [2.45, 2.75) is 25.5 Å². The molecule has 16 nitrogen and oxygen atoms in total. The second-order valence-electron chi connectivity index (χ2n) is 5.15. The summed E-state index contributed by atoms with van der Waals surface area (Å²) in [4.78, 5) is 38.9. The number of aliphatic hydroxyl groups excluding tert-OH is 2. The Morgan fingerprint density at radius 3 is 2.24 bits per heavy atom. The smallest absolute Gasteiger partial charge is 0.389 e. The molecular formula is C9H18N3O13P3S. The average Bonchev–Trinajstić information content (AvgIpc) is 2.47. The molecule has 0 spiro atoms. The number of aromatic nitrogens is 2. The molecule has 0 amide bonds. The van der Waals surface area contributed by atoms with E-state index in [1.165, 1.54) is 19.2 Å². The van der Waals surface area contributed by atoms with Gasteiger partial charge in [-0.2, -0.15) is 8.62 Å². The minimum atomic E-state index is -5.70. The van der Waals surface area contributed by atoms with Gasteiger partial charge in [0.1, 0.15) is 12.4 Å². The number of phosphoric ester groups is 1. The highest BCUT2D eigenvalue weighted by molar-refractivity contribution is 7.71. The van der Waals surface area contributed by atoms with E-state index in [1.807, 2.05) is 0 Å². The summed E-state index contributed by atoms with van der Waals surface area (Å²) in [5.41, 5.74) is 5.45. The molecule has 0 bridgehead atoms. The van der Waals surface area contributed by atoms with Gasteiger partial charge in [0.15, 0.2) is 12.5 Å². The summed E-state index contributed by atoms with van der Waals surface area (Å²) in [5, 5.41) is 19.6. The Balaban J connectivity index is 2.78. The summed E-state index contributed by atoms with van der Waals surface area (Å²) in [6.07, 6.45) is -3.36. The summed E-state index contributed by atoms with van der Waals surface area (Å²) in [5.74, 6) is 0.0730. The lowest BCUT2D eigenvalue weighted by atomic mass is 10.3. The van der Waals surface area contributed by atoms with Crippen molar-refractivity contribution in [3.05, 3.63) is 17.0 Å². The molecule has 0 aliphatic heterocycles. The molecule has 0 aliphatic rings. The van der Waals surface area contributed by atoms with Gasteiger partial charge in [0.25, 0.3) is 0 Å². The SMILES string of the molecule is C[C@H](O)[C@@H](O[C@@H](O)COP(=O)(O)OP(=O)(O)OP(=O)(O)O)n1ccc(N)nc1=S. The van der Waals surface area contributed by atoms with Crippen molar-refractivity contribution < 1.29 is 61.4 Å². The number of nitrogen functional groups attached to an aromatic ring is 1. The second-order valence-corrected chi connectivity index (χ2v) is 9.94. The maximum atomic E-state index is 11.6. The van der Waals surface area contributed by atoms with Crippen LogP contribution in [0.2, 0.25) is 0 Å². The number of aliphatic hydroxyl groups is 2. The van der Waals surface area contributed by atoms with Crippen LogP contribution in [0.4, 0.5) is 5.82 Å². The zero-order valence-corrected chi connectivity index (χ0v) is 17.9. The van der Waals surface area contributed by atoms with Crippen LogP contribution in [0.3, 0.4) is 0 Å². The van der Waals surface area contributed by atoms with Gasteiger partial charge in [0, 0.05) is 6.20 Å². The highest BCUT2D eigenvalue weighted by Crippen LogP contribution is 2.66. The van der Waals surface area contributed by atoms with Crippen molar-refractivity contribution in [3.63, 3.8) is 0 Å². The average molecular weight is 501 g/mol. The first-order chi connectivity index (χ1) is 13.0. The van der Waals surface area contributed by atoms with Gasteiger partial charge >= 0.3 is 23.5 Å². The quantitative estimate of drug-likeness (QED) is 0.117. The Bertz CT molecular complexity index is 903. The number of hydrogen-bond acceptors (Lipinski definition) is 12. The molecule has 20 heteroatoms. The number of ether oxygens (including phenoxy) is 1. The minimum absolute atomic E-state index is 0.0730. The summed E-state index contributed by atoms with van der Waals surface area (Å²) >= 11 is 4.94. The predicted molar refractivity (Wildman–Crippen MR) is 95.1 cm³/mol. The molecule has 2 unspecified atom stereocenters. The standard InChI is InChI=1S/C9H18N3O13P3S/c1-5(13)8(12-3-2-6(10)11-9(12)29)23-7(14)4-22-27(18,19)25-28(20,21)24-26(15,16)17/h2-3,5,7-8,13-14H,4H2,1H3,(H,18,19)(H,20,21)(H2,10,11,29)(H2,15,16,17)/t5-,7+,8+/m0/s1. The van der Waals surface area contributed by atoms with E-state index in [2.05, 4.69) is 18.1 Å². The summed E-state index contributed by atoms with van der Waals surface area (Å²) in [6, 6.07) is 1.31. The molecule has 29 heavy (non-hydrogen) atoms. The Morgan fingerprint density at radius 2 is 1.76 bits per heavy atom. The zero-order valence-electron chi connectivity index (χ0n) is 14.4. The maximum absolute atomic E-state index is 11.6. The van der Waals surface area contributed by atoms with Crippen LogP contribution in [0, 0.1) is 4.77 Å². The first-order valence-corrected chi connectivity index (χ1v) is 12.1. The van der Waals surface area contributed by atoms with Crippen molar-refractivity contribution >= 4 is 41.5 Å². The molecule has 5 atom stereocenters. The molecule has 0 radical (unpaired) electrons. The predicted octanol–water partition coefficient (Wildman–Crippen LogP) is -0.248. The largest absolute Gasteiger partial charge is 0.490 e. The Labute approximate surface area is 167 Å². The van der Waals surface area contributed by atoms with Gasteiger partial charge in [0.05, 0.1) is 6.10 Å². The fraction of sp³-hybridized carbons (Fsp3) is 0.556. The van der Waals surface area contributed by atoms with Crippen LogP contribution in [0.25, 0.3) is 0 Å². The Kier molecular flexibility index (Phi) is 9.23. The molecule has 1 heterocycles. The van der Waals surface area contributed by atoms with Crippen LogP contribution in [-0.2, 0) is 31.6 Å². The second kappa shape index (κ2) is 10.1. The van der Waals surface area contributed by atoms with Crippen LogP contribution >= 0.6 is 35.7 Å². The molecule has 1 rings (SSSR count). The van der Waals surface area contributed by atoms with Gasteiger partial charge in [-0.05, 0) is 25.2 Å². The molecule has 1 aromatic rings. The van der Waals surface area contributed by atoms with Gasteiger partial charge in [0.2, 0.25) is 4.77 Å². The molecule has 8 N–H and O–H groups in total. The van der Waals surface area contributed by atoms with Crippen LogP contribution in [-0.4, -0.2) is 58.3 Å². The van der Waals surface area contributed by atoms with Crippen molar-refractivity contribution in [2.75, 3.05) is 12.3 Å². The summed E-state index contributed by atoms with van der Waals surface area (Å²) in [6.45, 7) is 0.112. The monoisotopic (exact) mass is 501 g/mol. The van der Waals surface area contributed by atoms with Crippen LogP contribution in [0.5, 0.6) is 0 Å². The molecule has 0 saturated heterocycles. The van der Waals surface area contributed by atoms with Gasteiger partial charge in [-0.3, -0.25) is 9.09 Å². The van der Waals surface area contributed by atoms with E-state index < -0.39 is 48.7 Å². The molecule has 0 saturated carbocycles. The van der Waals surface area contributed by atoms with E-state index >= 15 is 0 Å². The van der Waals surface area contributed by atoms with E-state index in [-0.39, 0.29) is 10.6 Å². The number of hydrogen-bond donors (Lipinski definition) is 7. The highest BCUT2D eigenvalue weighted by atomic mass is 32.1. The van der Waals surface area contributed by atoms with Crippen LogP contribution < -0.4 is 5.73 Å². The molecule has 0 aliphatic carbocycles. The third-order valence-corrected chi connectivity index (χ3v) is 6.74. The van der Waals surface area contributed by atoms with E-state index in [0.717, 1.165) is 4.57 Å². The zero-order chi connectivity index (χ0) is 22.6. The fourth-order valence-electron chi connectivity index (χ4n) is 1.69. The molecule has 1 aromatic heterocycles. The lowest BCUT2D eigenvalue weighted by Crippen LogP contribution is -2.31. The normalized spacial score (nSPS) is 19.7. The third-order valence-electron chi connectivity index (χ3n) is 2.63. The van der Waals surface area contributed by atoms with Crippen molar-refractivity contribution in [1.29, 1.82) is 0 Å². The molecule has 0 aromatic carbocycles. The maximum Gasteiger partial charge on any atom is 0.490 e. The minimum Gasteiger partial charge on any atom is -0.389 e. The first kappa shape index (κ1) is 26.4. The molecule has 168 valence electrons. The summed E-state index contributed by atoms with van der Waals surface area (Å²) in [7, 11) is -16.7. The van der Waals surface area contributed by atoms with Gasteiger partial charge in [-0.25, -0.2) is 18.7 Å². The molecular weight excluding hydrogens is 483 g/mol. The van der Waals surface area contributed by atoms with Crippen molar-refractivity contribution in [2.24, 2.45) is 0 Å². The number of phosphoric acid groups is 3. The lowest BCUT2D eigenvalue weighted by Gasteiger charge is -2.26. The summed E-state index contributed by atoms with van der Waals surface area (Å²) < 4.78 is 50.5. The van der Waals surface area contributed by atoms with E-state index in [0.29, 0.717) is 0 Å². The Hall–Kier alpha value is -0.610. The number of nitrogens with zero attached hydrogens (tertiary/aromatic N) is 2. The van der Waals surface area contributed by atoms with Crippen LogP contribution in [0.15, 0.2) is 12.3 Å². The van der Waals surface area contributed by atoms with Gasteiger partial charge in [-0.15, -0.1) is 0 Å².